The zero-order valence-electron chi connectivity index (χ0n) is 10.3. The summed E-state index contributed by atoms with van der Waals surface area (Å²) < 4.78 is 4.53. The van der Waals surface area contributed by atoms with E-state index in [0.717, 1.165) is 11.6 Å². The lowest BCUT2D eigenvalue weighted by Crippen LogP contribution is -2.08. The lowest BCUT2D eigenvalue weighted by atomic mass is 10.2. The van der Waals surface area contributed by atoms with E-state index in [1.807, 2.05) is 0 Å². The molecule has 1 rings (SSSR count). The number of hydrogen-bond acceptors (Lipinski definition) is 4. The molecule has 1 N–H and O–H groups in total. The molecule has 0 atom stereocenters. The quantitative estimate of drug-likeness (QED) is 0.512. The summed E-state index contributed by atoms with van der Waals surface area (Å²) in [6.07, 6.45) is 3.56. The molecule has 0 saturated carbocycles. The van der Waals surface area contributed by atoms with Gasteiger partial charge in [0.25, 0.3) is 0 Å². The lowest BCUT2D eigenvalue weighted by molar-refractivity contribution is -0.141. The summed E-state index contributed by atoms with van der Waals surface area (Å²) in [5.74, 6) is -2.17. The van der Waals surface area contributed by atoms with Gasteiger partial charge in [-0.25, -0.2) is 4.79 Å². The van der Waals surface area contributed by atoms with E-state index in [1.54, 1.807) is 31.2 Å². The predicted octanol–water partition coefficient (Wildman–Crippen LogP) is 2.93. The summed E-state index contributed by atoms with van der Waals surface area (Å²) in [7, 11) is 0. The second kappa shape index (κ2) is 7.38. The standard InChI is InChI=1S/C14H13ClO4/c1-2-19-14(18)13(17)9-12(16)7-6-10-4-3-5-11(15)8-10/h3-9,17H,2H2,1H3/b7-6+,13-9-. The van der Waals surface area contributed by atoms with Crippen LogP contribution in [0, 0.1) is 0 Å². The van der Waals surface area contributed by atoms with Gasteiger partial charge in [0.2, 0.25) is 5.76 Å². The molecule has 0 aliphatic rings. The van der Waals surface area contributed by atoms with Gasteiger partial charge >= 0.3 is 5.97 Å². The average Bonchev–Trinajstić information content (AvgIpc) is 2.36. The molecule has 0 aliphatic carbocycles. The molecule has 0 amide bonds. The lowest BCUT2D eigenvalue weighted by Gasteiger charge is -1.98. The largest absolute Gasteiger partial charge is 0.502 e. The molecular weight excluding hydrogens is 268 g/mol. The highest BCUT2D eigenvalue weighted by molar-refractivity contribution is 6.30. The second-order valence-corrected chi connectivity index (χ2v) is 3.98. The fourth-order valence-corrected chi connectivity index (χ4v) is 1.43. The van der Waals surface area contributed by atoms with Crippen LogP contribution in [0.1, 0.15) is 12.5 Å². The van der Waals surface area contributed by atoms with Crippen LogP contribution in [0.5, 0.6) is 0 Å². The number of hydrogen-bond donors (Lipinski definition) is 1. The van der Waals surface area contributed by atoms with Crippen LogP contribution in [0.4, 0.5) is 0 Å². The Morgan fingerprint density at radius 2 is 2.16 bits per heavy atom. The Kier molecular flexibility index (Phi) is 5.82. The average molecular weight is 281 g/mol. The Bertz CT molecular complexity index is 532. The van der Waals surface area contributed by atoms with Crippen molar-refractivity contribution in [3.63, 3.8) is 0 Å². The van der Waals surface area contributed by atoms with Crippen molar-refractivity contribution >= 4 is 29.4 Å². The van der Waals surface area contributed by atoms with E-state index in [9.17, 15) is 14.7 Å². The highest BCUT2D eigenvalue weighted by atomic mass is 35.5. The van der Waals surface area contributed by atoms with E-state index in [1.165, 1.54) is 12.2 Å². The Labute approximate surface area is 116 Å². The summed E-state index contributed by atoms with van der Waals surface area (Å²) in [4.78, 5) is 22.5. The van der Waals surface area contributed by atoms with Crippen molar-refractivity contribution in [3.8, 4) is 0 Å². The number of ether oxygens (including phenoxy) is 1. The van der Waals surface area contributed by atoms with Gasteiger partial charge in [-0.3, -0.25) is 4.79 Å². The summed E-state index contributed by atoms with van der Waals surface area (Å²) in [5.41, 5.74) is 0.741. The maximum absolute atomic E-state index is 11.5. The molecule has 0 aliphatic heterocycles. The summed E-state index contributed by atoms with van der Waals surface area (Å²) in [5, 5.41) is 9.83. The topological polar surface area (TPSA) is 63.6 Å². The molecule has 0 unspecified atom stereocenters. The van der Waals surface area contributed by atoms with Crippen molar-refractivity contribution in [1.82, 2.24) is 0 Å². The van der Waals surface area contributed by atoms with Gasteiger partial charge in [-0.15, -0.1) is 0 Å². The third-order valence-electron chi connectivity index (χ3n) is 2.05. The SMILES string of the molecule is CCOC(=O)/C(O)=C/C(=O)/C=C/c1cccc(Cl)c1. The van der Waals surface area contributed by atoms with Gasteiger partial charge in [-0.1, -0.05) is 29.8 Å². The minimum Gasteiger partial charge on any atom is -0.502 e. The number of ketones is 1. The van der Waals surface area contributed by atoms with E-state index < -0.39 is 17.5 Å². The van der Waals surface area contributed by atoms with Gasteiger partial charge < -0.3 is 9.84 Å². The maximum atomic E-state index is 11.5. The fraction of sp³-hybridized carbons (Fsp3) is 0.143. The first-order valence-corrected chi connectivity index (χ1v) is 5.96. The highest BCUT2D eigenvalue weighted by Crippen LogP contribution is 2.11. The molecule has 1 aromatic carbocycles. The van der Waals surface area contributed by atoms with Crippen LogP contribution >= 0.6 is 11.6 Å². The van der Waals surface area contributed by atoms with E-state index in [-0.39, 0.29) is 6.61 Å². The van der Waals surface area contributed by atoms with Crippen LogP contribution in [0.2, 0.25) is 5.02 Å². The molecule has 0 saturated heterocycles. The minimum atomic E-state index is -0.924. The van der Waals surface area contributed by atoms with E-state index in [4.69, 9.17) is 11.6 Å². The zero-order valence-corrected chi connectivity index (χ0v) is 11.1. The Balaban J connectivity index is 2.70. The maximum Gasteiger partial charge on any atom is 0.373 e. The Morgan fingerprint density at radius 1 is 1.42 bits per heavy atom. The molecule has 100 valence electrons. The molecule has 0 heterocycles. The fourth-order valence-electron chi connectivity index (χ4n) is 1.24. The number of allylic oxidation sites excluding steroid dienone is 2. The van der Waals surface area contributed by atoms with Gasteiger partial charge in [-0.2, -0.15) is 0 Å². The number of aliphatic hydroxyl groups is 1. The summed E-state index contributed by atoms with van der Waals surface area (Å²) >= 11 is 5.79. The molecule has 19 heavy (non-hydrogen) atoms. The molecule has 0 radical (unpaired) electrons. The molecule has 0 spiro atoms. The van der Waals surface area contributed by atoms with Gasteiger partial charge in [-0.05, 0) is 30.7 Å². The number of esters is 1. The molecular formula is C14H13ClO4. The van der Waals surface area contributed by atoms with Crippen molar-refractivity contribution in [1.29, 1.82) is 0 Å². The predicted molar refractivity (Wildman–Crippen MR) is 72.8 cm³/mol. The van der Waals surface area contributed by atoms with Gasteiger partial charge in [0.15, 0.2) is 5.78 Å². The zero-order chi connectivity index (χ0) is 14.3. The number of benzene rings is 1. The highest BCUT2D eigenvalue weighted by Gasteiger charge is 2.09. The number of halogens is 1. The molecule has 0 bridgehead atoms. The molecule has 0 aromatic heterocycles. The van der Waals surface area contributed by atoms with Gasteiger partial charge in [0, 0.05) is 11.1 Å². The monoisotopic (exact) mass is 280 g/mol. The van der Waals surface area contributed by atoms with E-state index in [0.29, 0.717) is 5.02 Å². The number of carbonyl (C=O) groups is 2. The Hall–Kier alpha value is -2.07. The third-order valence-corrected chi connectivity index (χ3v) is 2.29. The van der Waals surface area contributed by atoms with Crippen molar-refractivity contribution in [2.24, 2.45) is 0 Å². The van der Waals surface area contributed by atoms with Crippen molar-refractivity contribution in [2.75, 3.05) is 6.61 Å². The van der Waals surface area contributed by atoms with Crippen molar-refractivity contribution in [2.45, 2.75) is 6.92 Å². The molecule has 0 fully saturated rings. The first kappa shape index (κ1) is 15.0. The molecule has 4 nitrogen and oxygen atoms in total. The summed E-state index contributed by atoms with van der Waals surface area (Å²) in [6.45, 7) is 1.73. The summed E-state index contributed by atoms with van der Waals surface area (Å²) in [6, 6.07) is 6.91. The van der Waals surface area contributed by atoms with Crippen LogP contribution in [-0.4, -0.2) is 23.5 Å². The van der Waals surface area contributed by atoms with Crippen LogP contribution in [0.15, 0.2) is 42.2 Å². The smallest absolute Gasteiger partial charge is 0.373 e. The third kappa shape index (κ3) is 5.40. The van der Waals surface area contributed by atoms with Crippen LogP contribution in [0.25, 0.3) is 6.08 Å². The minimum absolute atomic E-state index is 0.128. The first-order valence-electron chi connectivity index (χ1n) is 5.58. The van der Waals surface area contributed by atoms with Gasteiger partial charge in [0.1, 0.15) is 0 Å². The Morgan fingerprint density at radius 3 is 2.79 bits per heavy atom. The van der Waals surface area contributed by atoms with E-state index >= 15 is 0 Å². The first-order chi connectivity index (χ1) is 9.02. The van der Waals surface area contributed by atoms with Crippen LogP contribution in [-0.2, 0) is 14.3 Å². The molecule has 1 aromatic rings. The van der Waals surface area contributed by atoms with Crippen molar-refractivity contribution < 1.29 is 19.4 Å². The second-order valence-electron chi connectivity index (χ2n) is 3.54. The molecule has 5 heteroatoms. The van der Waals surface area contributed by atoms with E-state index in [2.05, 4.69) is 4.74 Å². The number of aliphatic hydroxyl groups excluding tert-OH is 1. The van der Waals surface area contributed by atoms with Crippen LogP contribution in [0.3, 0.4) is 0 Å². The number of rotatable bonds is 5. The van der Waals surface area contributed by atoms with Gasteiger partial charge in [0.05, 0.1) is 6.61 Å². The van der Waals surface area contributed by atoms with Crippen LogP contribution < -0.4 is 0 Å². The normalized spacial score (nSPS) is 11.6. The van der Waals surface area contributed by atoms with Crippen molar-refractivity contribution in [3.05, 3.63) is 52.8 Å². The number of carbonyl (C=O) groups excluding carboxylic acids is 2.